The van der Waals surface area contributed by atoms with Crippen LogP contribution in [0.1, 0.15) is 32.9 Å². The summed E-state index contributed by atoms with van der Waals surface area (Å²) in [6.07, 6.45) is 0.852. The lowest BCUT2D eigenvalue weighted by molar-refractivity contribution is -0.118. The number of aromatic nitrogens is 2. The molecule has 6 heteroatoms. The van der Waals surface area contributed by atoms with Crippen molar-refractivity contribution in [1.29, 1.82) is 0 Å². The molecule has 1 amide bonds. The van der Waals surface area contributed by atoms with Crippen LogP contribution in [-0.2, 0) is 23.0 Å². The second-order valence-corrected chi connectivity index (χ2v) is 6.23. The van der Waals surface area contributed by atoms with Gasteiger partial charge in [-0.15, -0.1) is 0 Å². The van der Waals surface area contributed by atoms with Crippen molar-refractivity contribution in [2.75, 3.05) is 19.0 Å². The van der Waals surface area contributed by atoms with Gasteiger partial charge in [-0.05, 0) is 11.8 Å². The van der Waals surface area contributed by atoms with Crippen LogP contribution >= 0.6 is 0 Å². The van der Waals surface area contributed by atoms with E-state index in [4.69, 9.17) is 10.5 Å². The SMILES string of the molecule is COC(CN)CC(=O)Nc1cc(CC(C)(C)C)nn1C. The summed E-state index contributed by atoms with van der Waals surface area (Å²) >= 11 is 0. The van der Waals surface area contributed by atoms with Gasteiger partial charge in [-0.25, -0.2) is 0 Å². The minimum atomic E-state index is -0.253. The Morgan fingerprint density at radius 1 is 1.55 bits per heavy atom. The van der Waals surface area contributed by atoms with Crippen molar-refractivity contribution >= 4 is 11.7 Å². The maximum absolute atomic E-state index is 11.9. The van der Waals surface area contributed by atoms with Gasteiger partial charge < -0.3 is 15.8 Å². The first-order chi connectivity index (χ1) is 9.25. The second kappa shape index (κ2) is 6.85. The molecular formula is C14H26N4O2. The molecule has 114 valence electrons. The number of nitrogens with zero attached hydrogens (tertiary/aromatic N) is 2. The number of carbonyl (C=O) groups excluding carboxylic acids is 1. The Labute approximate surface area is 120 Å². The number of hydrogen-bond acceptors (Lipinski definition) is 4. The van der Waals surface area contributed by atoms with Gasteiger partial charge in [0.2, 0.25) is 5.91 Å². The minimum Gasteiger partial charge on any atom is -0.380 e. The molecule has 1 aromatic rings. The molecule has 1 aromatic heterocycles. The molecule has 0 spiro atoms. The van der Waals surface area contributed by atoms with Crippen molar-refractivity contribution in [2.45, 2.75) is 39.7 Å². The number of aryl methyl sites for hydroxylation is 1. The molecule has 3 N–H and O–H groups in total. The summed E-state index contributed by atoms with van der Waals surface area (Å²) in [6, 6.07) is 1.91. The number of nitrogens with two attached hydrogens (primary N) is 1. The summed E-state index contributed by atoms with van der Waals surface area (Å²) in [7, 11) is 3.37. The van der Waals surface area contributed by atoms with E-state index in [2.05, 4.69) is 31.2 Å². The zero-order valence-corrected chi connectivity index (χ0v) is 13.1. The highest BCUT2D eigenvalue weighted by atomic mass is 16.5. The van der Waals surface area contributed by atoms with E-state index >= 15 is 0 Å². The fraction of sp³-hybridized carbons (Fsp3) is 0.714. The van der Waals surface area contributed by atoms with Crippen molar-refractivity contribution in [2.24, 2.45) is 18.2 Å². The summed E-state index contributed by atoms with van der Waals surface area (Å²) in [6.45, 7) is 6.80. The van der Waals surface area contributed by atoms with Crippen LogP contribution in [-0.4, -0.2) is 35.4 Å². The largest absolute Gasteiger partial charge is 0.380 e. The summed E-state index contributed by atoms with van der Waals surface area (Å²) in [5, 5.41) is 7.26. The van der Waals surface area contributed by atoms with Crippen LogP contribution < -0.4 is 11.1 Å². The molecular weight excluding hydrogens is 256 g/mol. The molecule has 0 aliphatic heterocycles. The van der Waals surface area contributed by atoms with Crippen LogP contribution in [0, 0.1) is 5.41 Å². The lowest BCUT2D eigenvalue weighted by Gasteiger charge is -2.15. The van der Waals surface area contributed by atoms with Crippen LogP contribution in [0.25, 0.3) is 0 Å². The van der Waals surface area contributed by atoms with E-state index in [1.165, 1.54) is 0 Å². The lowest BCUT2D eigenvalue weighted by Crippen LogP contribution is -2.28. The second-order valence-electron chi connectivity index (χ2n) is 6.23. The Hall–Kier alpha value is -1.40. The molecule has 6 nitrogen and oxygen atoms in total. The Morgan fingerprint density at radius 3 is 2.70 bits per heavy atom. The molecule has 1 unspecified atom stereocenters. The smallest absolute Gasteiger partial charge is 0.228 e. The van der Waals surface area contributed by atoms with Crippen LogP contribution in [0.5, 0.6) is 0 Å². The first-order valence-electron chi connectivity index (χ1n) is 6.81. The van der Waals surface area contributed by atoms with Crippen molar-refractivity contribution in [3.8, 4) is 0 Å². The quantitative estimate of drug-likeness (QED) is 0.824. The Morgan fingerprint density at radius 2 is 2.20 bits per heavy atom. The van der Waals surface area contributed by atoms with Gasteiger partial charge in [0, 0.05) is 26.8 Å². The van der Waals surface area contributed by atoms with Crippen LogP contribution in [0.3, 0.4) is 0 Å². The standard InChI is InChI=1S/C14H26N4O2/c1-14(2,3)8-10-6-12(18(4)17-10)16-13(19)7-11(9-15)20-5/h6,11H,7-9,15H2,1-5H3,(H,16,19). The van der Waals surface area contributed by atoms with Gasteiger partial charge in [0.1, 0.15) is 5.82 Å². The monoisotopic (exact) mass is 282 g/mol. The van der Waals surface area contributed by atoms with Gasteiger partial charge in [0.05, 0.1) is 18.2 Å². The number of amides is 1. The molecule has 20 heavy (non-hydrogen) atoms. The Balaban J connectivity index is 2.66. The van der Waals surface area contributed by atoms with Crippen LogP contribution in [0.2, 0.25) is 0 Å². The average molecular weight is 282 g/mol. The topological polar surface area (TPSA) is 82.2 Å². The lowest BCUT2D eigenvalue weighted by atomic mass is 9.91. The van der Waals surface area contributed by atoms with Crippen molar-refractivity contribution in [3.63, 3.8) is 0 Å². The fourth-order valence-corrected chi connectivity index (χ4v) is 1.94. The summed E-state index contributed by atoms with van der Waals surface area (Å²) in [5.74, 6) is 0.578. The molecule has 1 heterocycles. The molecule has 0 aliphatic rings. The highest BCUT2D eigenvalue weighted by Crippen LogP contribution is 2.21. The molecule has 0 fully saturated rings. The molecule has 1 rings (SSSR count). The summed E-state index contributed by atoms with van der Waals surface area (Å²) in [5.41, 5.74) is 6.64. The maximum atomic E-state index is 11.9. The van der Waals surface area contributed by atoms with Crippen LogP contribution in [0.4, 0.5) is 5.82 Å². The fourth-order valence-electron chi connectivity index (χ4n) is 1.94. The van der Waals surface area contributed by atoms with E-state index in [9.17, 15) is 4.79 Å². The first kappa shape index (κ1) is 16.7. The van der Waals surface area contributed by atoms with Gasteiger partial charge in [-0.3, -0.25) is 9.48 Å². The Bertz CT molecular complexity index is 445. The molecule has 0 aliphatic carbocycles. The van der Waals surface area contributed by atoms with E-state index in [0.29, 0.717) is 12.4 Å². The van der Waals surface area contributed by atoms with Crippen LogP contribution in [0.15, 0.2) is 6.07 Å². The van der Waals surface area contributed by atoms with Gasteiger partial charge >= 0.3 is 0 Å². The molecule has 0 radical (unpaired) electrons. The molecule has 0 aromatic carbocycles. The average Bonchev–Trinajstić information content (AvgIpc) is 2.64. The van der Waals surface area contributed by atoms with Crippen molar-refractivity contribution in [1.82, 2.24) is 9.78 Å². The van der Waals surface area contributed by atoms with Gasteiger partial charge in [-0.1, -0.05) is 20.8 Å². The van der Waals surface area contributed by atoms with Crippen molar-refractivity contribution < 1.29 is 9.53 Å². The predicted octanol–water partition coefficient (Wildman–Crippen LogP) is 1.31. The number of nitrogens with one attached hydrogen (secondary N) is 1. The zero-order valence-electron chi connectivity index (χ0n) is 13.1. The van der Waals surface area contributed by atoms with E-state index in [1.807, 2.05) is 13.1 Å². The first-order valence-corrected chi connectivity index (χ1v) is 6.81. The number of anilines is 1. The van der Waals surface area contributed by atoms with E-state index in [0.717, 1.165) is 12.1 Å². The van der Waals surface area contributed by atoms with E-state index in [1.54, 1.807) is 11.8 Å². The number of rotatable bonds is 6. The third kappa shape index (κ3) is 5.30. The maximum Gasteiger partial charge on any atom is 0.228 e. The molecule has 0 saturated heterocycles. The number of methoxy groups -OCH3 is 1. The zero-order chi connectivity index (χ0) is 15.3. The normalized spacial score (nSPS) is 13.3. The predicted molar refractivity (Wildman–Crippen MR) is 79.5 cm³/mol. The molecule has 1 atom stereocenters. The highest BCUT2D eigenvalue weighted by molar-refractivity contribution is 5.90. The van der Waals surface area contributed by atoms with E-state index in [-0.39, 0.29) is 23.8 Å². The number of ether oxygens (including phenoxy) is 1. The minimum absolute atomic E-state index is 0.118. The molecule has 0 bridgehead atoms. The number of hydrogen-bond donors (Lipinski definition) is 2. The molecule has 0 saturated carbocycles. The third-order valence-electron chi connectivity index (χ3n) is 2.92. The summed E-state index contributed by atoms with van der Waals surface area (Å²) < 4.78 is 6.78. The highest BCUT2D eigenvalue weighted by Gasteiger charge is 2.17. The van der Waals surface area contributed by atoms with Crippen molar-refractivity contribution in [3.05, 3.63) is 11.8 Å². The van der Waals surface area contributed by atoms with Gasteiger partial charge in [-0.2, -0.15) is 5.10 Å². The van der Waals surface area contributed by atoms with Gasteiger partial charge in [0.25, 0.3) is 0 Å². The van der Waals surface area contributed by atoms with E-state index < -0.39 is 0 Å². The van der Waals surface area contributed by atoms with Gasteiger partial charge in [0.15, 0.2) is 0 Å². The third-order valence-corrected chi connectivity index (χ3v) is 2.92. The summed E-state index contributed by atoms with van der Waals surface area (Å²) in [4.78, 5) is 11.9. The Kier molecular flexibility index (Phi) is 5.71. The number of carbonyl (C=O) groups is 1.